The van der Waals surface area contributed by atoms with Crippen molar-refractivity contribution in [3.05, 3.63) is 59.3 Å². The fraction of sp³-hybridized carbons (Fsp3) is 0.375. The van der Waals surface area contributed by atoms with Crippen LogP contribution in [0.15, 0.2) is 47.6 Å². The van der Waals surface area contributed by atoms with E-state index in [1.54, 1.807) is 32.4 Å². The molecule has 2 aromatic carbocycles. The zero-order valence-corrected chi connectivity index (χ0v) is 18.7. The predicted octanol–water partition coefficient (Wildman–Crippen LogP) is 3.32. The Bertz CT molecular complexity index is 1010. The molecule has 0 bridgehead atoms. The molecule has 0 radical (unpaired) electrons. The zero-order valence-electron chi connectivity index (χ0n) is 18.7. The number of aliphatic hydroxyl groups is 1. The number of rotatable bonds is 9. The maximum absolute atomic E-state index is 10.6. The van der Waals surface area contributed by atoms with Crippen LogP contribution < -0.4 is 20.1 Å². The molecular weight excluding hydrogens is 392 g/mol. The monoisotopic (exact) mass is 424 g/mol. The first-order valence-corrected chi connectivity index (χ1v) is 10.5. The average molecular weight is 425 g/mol. The van der Waals surface area contributed by atoms with Gasteiger partial charge in [0, 0.05) is 36.3 Å². The maximum atomic E-state index is 10.6. The molecule has 31 heavy (non-hydrogen) atoms. The fourth-order valence-corrected chi connectivity index (χ4v) is 3.47. The number of nitrogens with one attached hydrogen (secondary N) is 3. The van der Waals surface area contributed by atoms with Crippen LogP contribution in [0.4, 0.5) is 0 Å². The lowest BCUT2D eigenvalue weighted by Gasteiger charge is -2.15. The molecule has 3 rings (SSSR count). The molecule has 7 heteroatoms. The van der Waals surface area contributed by atoms with Crippen LogP contribution >= 0.6 is 0 Å². The maximum Gasteiger partial charge on any atom is 0.191 e. The van der Waals surface area contributed by atoms with Gasteiger partial charge in [0.25, 0.3) is 0 Å². The number of H-pyrrole nitrogens is 1. The molecule has 0 amide bonds. The van der Waals surface area contributed by atoms with E-state index in [0.29, 0.717) is 23.0 Å². The van der Waals surface area contributed by atoms with Gasteiger partial charge < -0.3 is 30.2 Å². The number of aromatic amines is 1. The van der Waals surface area contributed by atoms with Gasteiger partial charge in [-0.3, -0.25) is 4.99 Å². The van der Waals surface area contributed by atoms with Crippen molar-refractivity contribution < 1.29 is 14.6 Å². The highest BCUT2D eigenvalue weighted by molar-refractivity contribution is 5.84. The second-order valence-electron chi connectivity index (χ2n) is 7.42. The molecule has 1 aromatic heterocycles. The van der Waals surface area contributed by atoms with Crippen LogP contribution in [-0.4, -0.2) is 49.9 Å². The standard InChI is InChI=1S/C24H32N4O3/c1-5-25-24(26-9-8-17-14-27-22-10-16(2)6-7-21(17)22)28-15-23(29)18-11-19(30-3)13-20(12-18)31-4/h6-7,10-14,23,27,29H,5,8-9,15H2,1-4H3,(H2,25,26,28). The van der Waals surface area contributed by atoms with E-state index in [-0.39, 0.29) is 6.54 Å². The first kappa shape index (κ1) is 22.5. The number of nitrogens with zero attached hydrogens (tertiary/aromatic N) is 1. The number of ether oxygens (including phenoxy) is 2. The molecule has 0 aliphatic rings. The molecule has 1 atom stereocenters. The summed E-state index contributed by atoms with van der Waals surface area (Å²) in [6.45, 7) is 5.80. The summed E-state index contributed by atoms with van der Waals surface area (Å²) < 4.78 is 10.6. The van der Waals surface area contributed by atoms with E-state index in [2.05, 4.69) is 51.9 Å². The lowest BCUT2D eigenvalue weighted by Crippen LogP contribution is -2.38. The summed E-state index contributed by atoms with van der Waals surface area (Å²) in [4.78, 5) is 7.89. The van der Waals surface area contributed by atoms with Gasteiger partial charge in [0.05, 0.1) is 26.9 Å². The number of aromatic nitrogens is 1. The highest BCUT2D eigenvalue weighted by Crippen LogP contribution is 2.26. The van der Waals surface area contributed by atoms with Crippen LogP contribution in [0.25, 0.3) is 10.9 Å². The Hall–Kier alpha value is -3.19. The van der Waals surface area contributed by atoms with Crippen LogP contribution in [0.1, 0.15) is 29.7 Å². The van der Waals surface area contributed by atoms with Gasteiger partial charge >= 0.3 is 0 Å². The molecule has 1 unspecified atom stereocenters. The van der Waals surface area contributed by atoms with Crippen LogP contribution in [0.5, 0.6) is 11.5 Å². The van der Waals surface area contributed by atoms with Crippen LogP contribution in [0.2, 0.25) is 0 Å². The summed E-state index contributed by atoms with van der Waals surface area (Å²) in [6, 6.07) is 11.8. The summed E-state index contributed by atoms with van der Waals surface area (Å²) in [7, 11) is 3.18. The van der Waals surface area contributed by atoms with Crippen molar-refractivity contribution in [2.24, 2.45) is 4.99 Å². The smallest absolute Gasteiger partial charge is 0.191 e. The van der Waals surface area contributed by atoms with Gasteiger partial charge in [-0.25, -0.2) is 0 Å². The van der Waals surface area contributed by atoms with E-state index in [0.717, 1.165) is 25.0 Å². The zero-order chi connectivity index (χ0) is 22.2. The minimum absolute atomic E-state index is 0.220. The first-order valence-electron chi connectivity index (χ1n) is 10.5. The van der Waals surface area contributed by atoms with E-state index >= 15 is 0 Å². The van der Waals surface area contributed by atoms with Gasteiger partial charge in [-0.05, 0) is 55.2 Å². The van der Waals surface area contributed by atoms with E-state index in [4.69, 9.17) is 9.47 Å². The summed E-state index contributed by atoms with van der Waals surface area (Å²) >= 11 is 0. The third-order valence-corrected chi connectivity index (χ3v) is 5.13. The largest absolute Gasteiger partial charge is 0.497 e. The van der Waals surface area contributed by atoms with Crippen LogP contribution in [0.3, 0.4) is 0 Å². The molecule has 4 N–H and O–H groups in total. The highest BCUT2D eigenvalue weighted by Gasteiger charge is 2.11. The molecule has 0 fully saturated rings. The summed E-state index contributed by atoms with van der Waals surface area (Å²) in [5.74, 6) is 1.94. The summed E-state index contributed by atoms with van der Waals surface area (Å²) in [5, 5.41) is 18.4. The van der Waals surface area contributed by atoms with Gasteiger partial charge in [-0.1, -0.05) is 12.1 Å². The Kier molecular flexibility index (Phi) is 7.78. The van der Waals surface area contributed by atoms with Crippen molar-refractivity contribution in [1.29, 1.82) is 0 Å². The molecule has 166 valence electrons. The second-order valence-corrected chi connectivity index (χ2v) is 7.42. The first-order chi connectivity index (χ1) is 15.0. The Morgan fingerprint density at radius 2 is 1.84 bits per heavy atom. The Labute approximate surface area is 183 Å². The van der Waals surface area contributed by atoms with Crippen molar-refractivity contribution in [3.8, 4) is 11.5 Å². The third-order valence-electron chi connectivity index (χ3n) is 5.13. The van der Waals surface area contributed by atoms with E-state index in [1.807, 2.05) is 6.92 Å². The van der Waals surface area contributed by atoms with Gasteiger partial charge in [-0.15, -0.1) is 0 Å². The fourth-order valence-electron chi connectivity index (χ4n) is 3.47. The number of benzene rings is 2. The van der Waals surface area contributed by atoms with Gasteiger partial charge in [0.2, 0.25) is 0 Å². The van der Waals surface area contributed by atoms with Crippen molar-refractivity contribution in [2.75, 3.05) is 33.9 Å². The predicted molar refractivity (Wildman–Crippen MR) is 125 cm³/mol. The summed E-state index contributed by atoms with van der Waals surface area (Å²) in [6.07, 6.45) is 2.16. The lowest BCUT2D eigenvalue weighted by atomic mass is 10.1. The molecule has 0 saturated heterocycles. The highest BCUT2D eigenvalue weighted by atomic mass is 16.5. The molecule has 0 saturated carbocycles. The number of aryl methyl sites for hydroxylation is 1. The topological polar surface area (TPSA) is 90.9 Å². The number of fused-ring (bicyclic) bond motifs is 1. The molecule has 1 heterocycles. The Morgan fingerprint density at radius 3 is 2.52 bits per heavy atom. The molecule has 0 aliphatic carbocycles. The number of methoxy groups -OCH3 is 2. The third kappa shape index (κ3) is 5.92. The molecule has 3 aromatic rings. The SMILES string of the molecule is CCNC(=NCC(O)c1cc(OC)cc(OC)c1)NCCc1c[nH]c2cc(C)ccc12. The second kappa shape index (κ2) is 10.7. The summed E-state index contributed by atoms with van der Waals surface area (Å²) in [5.41, 5.74) is 4.37. The minimum atomic E-state index is -0.767. The number of guanidine groups is 1. The van der Waals surface area contributed by atoms with Gasteiger partial charge in [0.15, 0.2) is 5.96 Å². The van der Waals surface area contributed by atoms with E-state index in [9.17, 15) is 5.11 Å². The number of hydrogen-bond donors (Lipinski definition) is 4. The lowest BCUT2D eigenvalue weighted by molar-refractivity contribution is 0.186. The quantitative estimate of drug-likeness (QED) is 0.312. The van der Waals surface area contributed by atoms with Crippen molar-refractivity contribution in [1.82, 2.24) is 15.6 Å². The van der Waals surface area contributed by atoms with Crippen LogP contribution in [0, 0.1) is 6.92 Å². The van der Waals surface area contributed by atoms with Crippen molar-refractivity contribution >= 4 is 16.9 Å². The van der Waals surface area contributed by atoms with Crippen molar-refractivity contribution in [3.63, 3.8) is 0 Å². The van der Waals surface area contributed by atoms with Gasteiger partial charge in [-0.2, -0.15) is 0 Å². The number of aliphatic imine (C=N–C) groups is 1. The average Bonchev–Trinajstić information content (AvgIpc) is 3.18. The normalized spacial score (nSPS) is 12.6. The van der Waals surface area contributed by atoms with E-state index < -0.39 is 6.10 Å². The molecule has 0 aliphatic heterocycles. The van der Waals surface area contributed by atoms with Crippen molar-refractivity contribution in [2.45, 2.75) is 26.4 Å². The van der Waals surface area contributed by atoms with Crippen LogP contribution in [-0.2, 0) is 6.42 Å². The number of hydrogen-bond acceptors (Lipinski definition) is 4. The number of aliphatic hydroxyl groups excluding tert-OH is 1. The Balaban J connectivity index is 1.62. The molecule has 7 nitrogen and oxygen atoms in total. The minimum Gasteiger partial charge on any atom is -0.497 e. The van der Waals surface area contributed by atoms with E-state index in [1.165, 1.54) is 16.5 Å². The van der Waals surface area contributed by atoms with Gasteiger partial charge in [0.1, 0.15) is 11.5 Å². The Morgan fingerprint density at radius 1 is 1.10 bits per heavy atom. The molecule has 0 spiro atoms. The molecular formula is C24H32N4O3.